The number of methoxy groups -OCH3 is 1. The zero-order chi connectivity index (χ0) is 25.2. The summed E-state index contributed by atoms with van der Waals surface area (Å²) < 4.78 is 42.9. The molecule has 0 unspecified atom stereocenters. The summed E-state index contributed by atoms with van der Waals surface area (Å²) in [5, 5.41) is 0. The Labute approximate surface area is 207 Å². The second-order valence-electron chi connectivity index (χ2n) is 8.76. The number of rotatable bonds is 27. The van der Waals surface area contributed by atoms with Gasteiger partial charge in [0, 0.05) is 25.6 Å². The van der Waals surface area contributed by atoms with Gasteiger partial charge in [-0.15, -0.1) is 0 Å². The van der Waals surface area contributed by atoms with Crippen molar-refractivity contribution >= 4 is 5.78 Å². The first-order valence-electron chi connectivity index (χ1n) is 12.5. The Kier molecular flexibility index (Phi) is 25.0. The molecule has 0 aliphatic rings. The van der Waals surface area contributed by atoms with Gasteiger partial charge in [-0.05, 0) is 12.8 Å². The highest BCUT2D eigenvalue weighted by Crippen LogP contribution is 2.18. The van der Waals surface area contributed by atoms with Crippen LogP contribution in [0.1, 0.15) is 46.5 Å². The molecule has 9 nitrogen and oxygen atoms in total. The summed E-state index contributed by atoms with van der Waals surface area (Å²) in [6, 6.07) is 0. The van der Waals surface area contributed by atoms with Crippen LogP contribution in [0.5, 0.6) is 0 Å². The third-order valence-electron chi connectivity index (χ3n) is 4.69. The summed E-state index contributed by atoms with van der Waals surface area (Å²) in [6.45, 7) is 14.4. The molecule has 0 bridgehead atoms. The van der Waals surface area contributed by atoms with Gasteiger partial charge in [-0.25, -0.2) is 0 Å². The summed E-state index contributed by atoms with van der Waals surface area (Å²) in [7, 11) is 1.65. The van der Waals surface area contributed by atoms with Crippen LogP contribution in [0.25, 0.3) is 0 Å². The summed E-state index contributed by atoms with van der Waals surface area (Å²) in [6.07, 6.45) is 3.59. The fourth-order valence-electron chi connectivity index (χ4n) is 2.61. The highest BCUT2D eigenvalue weighted by molar-refractivity contribution is 5.83. The lowest BCUT2D eigenvalue weighted by Crippen LogP contribution is -2.19. The van der Waals surface area contributed by atoms with Crippen LogP contribution in [-0.4, -0.2) is 112 Å². The smallest absolute Gasteiger partial charge is 0.138 e. The standard InChI is InChI=1S/C25H50O9/c1-25(2,3)24(26)8-6-5-7-9-28-12-13-30-16-17-32-20-21-34-23-22-33-19-18-31-15-14-29-11-10-27-4/h5-23H2,1-4H3. The Balaban J connectivity index is 3.08. The summed E-state index contributed by atoms with van der Waals surface area (Å²) in [4.78, 5) is 11.8. The van der Waals surface area contributed by atoms with Crippen molar-refractivity contribution in [2.75, 3.05) is 106 Å². The first kappa shape index (κ1) is 33.4. The molecule has 0 aromatic rings. The molecule has 0 rings (SSSR count). The van der Waals surface area contributed by atoms with Crippen molar-refractivity contribution in [1.29, 1.82) is 0 Å². The average molecular weight is 495 g/mol. The minimum Gasteiger partial charge on any atom is -0.382 e. The van der Waals surface area contributed by atoms with E-state index in [-0.39, 0.29) is 5.41 Å². The molecule has 0 aromatic heterocycles. The predicted molar refractivity (Wildman–Crippen MR) is 131 cm³/mol. The van der Waals surface area contributed by atoms with Gasteiger partial charge in [-0.1, -0.05) is 27.2 Å². The van der Waals surface area contributed by atoms with Crippen molar-refractivity contribution in [3.05, 3.63) is 0 Å². The largest absolute Gasteiger partial charge is 0.382 e. The van der Waals surface area contributed by atoms with Crippen LogP contribution in [0.4, 0.5) is 0 Å². The molecule has 0 atom stereocenters. The molecule has 0 saturated heterocycles. The Morgan fingerprint density at radius 3 is 1.12 bits per heavy atom. The summed E-state index contributed by atoms with van der Waals surface area (Å²) in [5.41, 5.74) is -0.226. The highest BCUT2D eigenvalue weighted by atomic mass is 16.6. The SMILES string of the molecule is COCCOCCOCCOCCOCCOCCOCCOCCCCCC(=O)C(C)(C)C. The lowest BCUT2D eigenvalue weighted by atomic mass is 9.88. The van der Waals surface area contributed by atoms with Gasteiger partial charge in [0.2, 0.25) is 0 Å². The molecule has 0 radical (unpaired) electrons. The number of hydrogen-bond donors (Lipinski definition) is 0. The van der Waals surface area contributed by atoms with Crippen LogP contribution in [0.2, 0.25) is 0 Å². The van der Waals surface area contributed by atoms with E-state index in [1.54, 1.807) is 7.11 Å². The topological polar surface area (TPSA) is 90.9 Å². The zero-order valence-corrected chi connectivity index (χ0v) is 22.1. The molecule has 0 aliphatic heterocycles. The molecule has 0 amide bonds. The highest BCUT2D eigenvalue weighted by Gasteiger charge is 2.19. The van der Waals surface area contributed by atoms with Gasteiger partial charge < -0.3 is 37.9 Å². The first-order valence-corrected chi connectivity index (χ1v) is 12.5. The summed E-state index contributed by atoms with van der Waals surface area (Å²) >= 11 is 0. The maximum atomic E-state index is 11.8. The van der Waals surface area contributed by atoms with E-state index in [9.17, 15) is 4.79 Å². The van der Waals surface area contributed by atoms with Gasteiger partial charge in [0.05, 0.1) is 92.5 Å². The molecule has 9 heteroatoms. The van der Waals surface area contributed by atoms with E-state index in [2.05, 4.69) is 0 Å². The minimum absolute atomic E-state index is 0.226. The number of carbonyl (C=O) groups is 1. The lowest BCUT2D eigenvalue weighted by molar-refractivity contribution is -0.126. The van der Waals surface area contributed by atoms with E-state index in [4.69, 9.17) is 37.9 Å². The second-order valence-corrected chi connectivity index (χ2v) is 8.76. The monoisotopic (exact) mass is 494 g/mol. The van der Waals surface area contributed by atoms with Crippen molar-refractivity contribution in [2.45, 2.75) is 46.5 Å². The number of Topliss-reactive ketones (excluding diaryl/α,β-unsaturated/α-hetero) is 1. The molecule has 0 aromatic carbocycles. The first-order chi connectivity index (χ1) is 16.5. The van der Waals surface area contributed by atoms with Crippen molar-refractivity contribution in [1.82, 2.24) is 0 Å². The van der Waals surface area contributed by atoms with Crippen LogP contribution in [0.3, 0.4) is 0 Å². The number of unbranched alkanes of at least 4 members (excludes halogenated alkanes) is 2. The lowest BCUT2D eigenvalue weighted by Gasteiger charge is -2.16. The predicted octanol–water partition coefficient (Wildman–Crippen LogP) is 2.92. The Morgan fingerprint density at radius 1 is 0.471 bits per heavy atom. The zero-order valence-electron chi connectivity index (χ0n) is 22.1. The molecule has 204 valence electrons. The maximum Gasteiger partial charge on any atom is 0.138 e. The van der Waals surface area contributed by atoms with Crippen molar-refractivity contribution in [3.63, 3.8) is 0 Å². The van der Waals surface area contributed by atoms with Crippen LogP contribution >= 0.6 is 0 Å². The van der Waals surface area contributed by atoms with Crippen molar-refractivity contribution in [3.8, 4) is 0 Å². The molecule has 0 N–H and O–H groups in total. The number of ether oxygens (including phenoxy) is 8. The van der Waals surface area contributed by atoms with E-state index >= 15 is 0 Å². The summed E-state index contributed by atoms with van der Waals surface area (Å²) in [5.74, 6) is 0.332. The Bertz CT molecular complexity index is 427. The van der Waals surface area contributed by atoms with Crippen molar-refractivity contribution < 1.29 is 42.7 Å². The van der Waals surface area contributed by atoms with Gasteiger partial charge in [0.15, 0.2) is 0 Å². The van der Waals surface area contributed by atoms with E-state index < -0.39 is 0 Å². The van der Waals surface area contributed by atoms with E-state index in [1.807, 2.05) is 20.8 Å². The maximum absolute atomic E-state index is 11.8. The van der Waals surface area contributed by atoms with Crippen LogP contribution < -0.4 is 0 Å². The van der Waals surface area contributed by atoms with Crippen molar-refractivity contribution in [2.24, 2.45) is 5.41 Å². The average Bonchev–Trinajstić information content (AvgIpc) is 2.80. The molecule has 0 heterocycles. The van der Waals surface area contributed by atoms with Crippen LogP contribution in [0, 0.1) is 5.41 Å². The quantitative estimate of drug-likeness (QED) is 0.160. The number of carbonyl (C=O) groups excluding carboxylic acids is 1. The van der Waals surface area contributed by atoms with E-state index in [0.717, 1.165) is 19.3 Å². The van der Waals surface area contributed by atoms with E-state index in [0.29, 0.717) is 111 Å². The molecular weight excluding hydrogens is 444 g/mol. The molecule has 34 heavy (non-hydrogen) atoms. The number of ketones is 1. The van der Waals surface area contributed by atoms with Crippen LogP contribution in [0.15, 0.2) is 0 Å². The third kappa shape index (κ3) is 26.0. The Hall–Kier alpha value is -0.650. The second kappa shape index (κ2) is 25.4. The molecule has 0 aliphatic carbocycles. The molecular formula is C25H50O9. The normalized spacial score (nSPS) is 11.9. The molecule has 0 spiro atoms. The molecule has 0 saturated carbocycles. The van der Waals surface area contributed by atoms with E-state index in [1.165, 1.54) is 0 Å². The molecule has 0 fully saturated rings. The van der Waals surface area contributed by atoms with Gasteiger partial charge in [0.25, 0.3) is 0 Å². The fourth-order valence-corrected chi connectivity index (χ4v) is 2.61. The van der Waals surface area contributed by atoms with Gasteiger partial charge in [-0.3, -0.25) is 4.79 Å². The Morgan fingerprint density at radius 2 is 0.794 bits per heavy atom. The van der Waals surface area contributed by atoms with Gasteiger partial charge in [0.1, 0.15) is 5.78 Å². The van der Waals surface area contributed by atoms with Crippen LogP contribution in [-0.2, 0) is 42.7 Å². The number of hydrogen-bond acceptors (Lipinski definition) is 9. The fraction of sp³-hybridized carbons (Fsp3) is 0.960. The van der Waals surface area contributed by atoms with Gasteiger partial charge in [-0.2, -0.15) is 0 Å². The minimum atomic E-state index is -0.226. The van der Waals surface area contributed by atoms with Gasteiger partial charge >= 0.3 is 0 Å². The third-order valence-corrected chi connectivity index (χ3v) is 4.69.